The van der Waals surface area contributed by atoms with Crippen molar-refractivity contribution in [1.82, 2.24) is 9.88 Å². The van der Waals surface area contributed by atoms with Crippen LogP contribution in [0.1, 0.15) is 25.5 Å². The summed E-state index contributed by atoms with van der Waals surface area (Å²) in [6.07, 6.45) is 1.33. The maximum Gasteiger partial charge on any atom is 0.128 e. The van der Waals surface area contributed by atoms with Crippen LogP contribution in [0.2, 0.25) is 0 Å². The predicted octanol–water partition coefficient (Wildman–Crippen LogP) is 1.28. The minimum atomic E-state index is -0.442. The van der Waals surface area contributed by atoms with Gasteiger partial charge >= 0.3 is 0 Å². The van der Waals surface area contributed by atoms with Gasteiger partial charge in [0.05, 0.1) is 6.10 Å². The van der Waals surface area contributed by atoms with Gasteiger partial charge in [0.1, 0.15) is 5.82 Å². The lowest BCUT2D eigenvalue weighted by molar-refractivity contribution is 0.199. The summed E-state index contributed by atoms with van der Waals surface area (Å²) >= 11 is 0. The third kappa shape index (κ3) is 2.76. The van der Waals surface area contributed by atoms with Gasteiger partial charge in [0.2, 0.25) is 0 Å². The lowest BCUT2D eigenvalue weighted by atomic mass is 10.1. The van der Waals surface area contributed by atoms with Crippen molar-refractivity contribution in [2.24, 2.45) is 0 Å². The number of hydrogen-bond donors (Lipinski definition) is 1. The van der Waals surface area contributed by atoms with Crippen LogP contribution in [0.4, 0.5) is 5.82 Å². The van der Waals surface area contributed by atoms with E-state index in [-0.39, 0.29) is 0 Å². The van der Waals surface area contributed by atoms with Crippen LogP contribution in [0, 0.1) is 0 Å². The highest BCUT2D eigenvalue weighted by atomic mass is 16.3. The van der Waals surface area contributed by atoms with Gasteiger partial charge in [0, 0.05) is 31.9 Å². The van der Waals surface area contributed by atoms with Crippen LogP contribution in [-0.4, -0.2) is 47.7 Å². The summed E-state index contributed by atoms with van der Waals surface area (Å²) in [5.74, 6) is 1.01. The standard InChI is InChI=1S/C13H21N3O/c1-10-9-16(7-6-15(10)3)13-5-4-12(8-14-13)11(2)17/h4-5,8,10-11,17H,6-7,9H2,1-3H3. The quantitative estimate of drug-likeness (QED) is 0.838. The molecular formula is C13H21N3O. The highest BCUT2D eigenvalue weighted by molar-refractivity contribution is 5.40. The molecule has 1 saturated heterocycles. The Morgan fingerprint density at radius 2 is 2.18 bits per heavy atom. The monoisotopic (exact) mass is 235 g/mol. The Balaban J connectivity index is 2.07. The van der Waals surface area contributed by atoms with Gasteiger partial charge in [0.25, 0.3) is 0 Å². The summed E-state index contributed by atoms with van der Waals surface area (Å²) in [5, 5.41) is 9.44. The van der Waals surface area contributed by atoms with Crippen molar-refractivity contribution in [1.29, 1.82) is 0 Å². The van der Waals surface area contributed by atoms with Crippen LogP contribution in [0.3, 0.4) is 0 Å². The molecule has 0 spiro atoms. The van der Waals surface area contributed by atoms with Gasteiger partial charge in [0.15, 0.2) is 0 Å². The molecule has 1 aliphatic heterocycles. The van der Waals surface area contributed by atoms with E-state index in [2.05, 4.69) is 28.8 Å². The van der Waals surface area contributed by atoms with Gasteiger partial charge in [-0.3, -0.25) is 0 Å². The van der Waals surface area contributed by atoms with E-state index in [0.29, 0.717) is 6.04 Å². The zero-order valence-corrected chi connectivity index (χ0v) is 10.8. The van der Waals surface area contributed by atoms with E-state index in [1.165, 1.54) is 0 Å². The fraction of sp³-hybridized carbons (Fsp3) is 0.615. The molecule has 1 aromatic rings. The number of aliphatic hydroxyl groups excluding tert-OH is 1. The Morgan fingerprint density at radius 1 is 1.41 bits per heavy atom. The first kappa shape index (κ1) is 12.3. The lowest BCUT2D eigenvalue weighted by Crippen LogP contribution is -2.50. The van der Waals surface area contributed by atoms with E-state index in [0.717, 1.165) is 31.0 Å². The molecule has 2 unspecified atom stereocenters. The van der Waals surface area contributed by atoms with Crippen molar-refractivity contribution >= 4 is 5.82 Å². The Hall–Kier alpha value is -1.13. The smallest absolute Gasteiger partial charge is 0.128 e. The molecule has 2 heterocycles. The van der Waals surface area contributed by atoms with E-state index in [1.807, 2.05) is 12.1 Å². The second-order valence-corrected chi connectivity index (χ2v) is 4.90. The highest BCUT2D eigenvalue weighted by Crippen LogP contribution is 2.18. The summed E-state index contributed by atoms with van der Waals surface area (Å²) in [6.45, 7) is 7.09. The van der Waals surface area contributed by atoms with Gasteiger partial charge in [-0.2, -0.15) is 0 Å². The number of rotatable bonds is 2. The lowest BCUT2D eigenvalue weighted by Gasteiger charge is -2.38. The van der Waals surface area contributed by atoms with E-state index < -0.39 is 6.10 Å². The maximum absolute atomic E-state index is 9.44. The number of pyridine rings is 1. The first-order chi connectivity index (χ1) is 8.08. The van der Waals surface area contributed by atoms with Crippen molar-refractivity contribution < 1.29 is 5.11 Å². The summed E-state index contributed by atoms with van der Waals surface area (Å²) in [5.41, 5.74) is 0.871. The van der Waals surface area contributed by atoms with Crippen LogP contribution < -0.4 is 4.90 Å². The normalized spacial score (nSPS) is 23.8. The molecule has 1 aliphatic rings. The fourth-order valence-corrected chi connectivity index (χ4v) is 2.09. The minimum absolute atomic E-state index is 0.442. The molecule has 2 atom stereocenters. The molecule has 17 heavy (non-hydrogen) atoms. The fourth-order valence-electron chi connectivity index (χ4n) is 2.09. The van der Waals surface area contributed by atoms with Crippen molar-refractivity contribution in [2.75, 3.05) is 31.6 Å². The Bertz CT molecular complexity index is 363. The number of nitrogens with zero attached hydrogens (tertiary/aromatic N) is 3. The zero-order chi connectivity index (χ0) is 12.4. The van der Waals surface area contributed by atoms with Gasteiger partial charge in [-0.25, -0.2) is 4.98 Å². The molecule has 0 saturated carbocycles. The van der Waals surface area contributed by atoms with Gasteiger partial charge in [-0.15, -0.1) is 0 Å². The van der Waals surface area contributed by atoms with Gasteiger partial charge in [-0.05, 0) is 32.5 Å². The molecule has 1 fully saturated rings. The Kier molecular flexibility index (Phi) is 3.64. The minimum Gasteiger partial charge on any atom is -0.389 e. The molecular weight excluding hydrogens is 214 g/mol. The molecule has 0 radical (unpaired) electrons. The summed E-state index contributed by atoms with van der Waals surface area (Å²) in [6, 6.07) is 4.51. The van der Waals surface area contributed by atoms with Crippen LogP contribution in [0.25, 0.3) is 0 Å². The molecule has 2 rings (SSSR count). The molecule has 94 valence electrons. The van der Waals surface area contributed by atoms with Gasteiger partial charge < -0.3 is 14.9 Å². The SMILES string of the molecule is CC(O)c1ccc(N2CCN(C)C(C)C2)nc1. The molecule has 4 heteroatoms. The molecule has 0 amide bonds. The Labute approximate surface area is 103 Å². The largest absolute Gasteiger partial charge is 0.389 e. The topological polar surface area (TPSA) is 39.6 Å². The zero-order valence-electron chi connectivity index (χ0n) is 10.8. The molecule has 0 aromatic carbocycles. The van der Waals surface area contributed by atoms with Crippen molar-refractivity contribution in [2.45, 2.75) is 26.0 Å². The van der Waals surface area contributed by atoms with Crippen molar-refractivity contribution in [3.8, 4) is 0 Å². The molecule has 0 aliphatic carbocycles. The van der Waals surface area contributed by atoms with Crippen molar-refractivity contribution in [3.63, 3.8) is 0 Å². The summed E-state index contributed by atoms with van der Waals surface area (Å²) < 4.78 is 0. The highest BCUT2D eigenvalue weighted by Gasteiger charge is 2.21. The first-order valence-corrected chi connectivity index (χ1v) is 6.17. The summed E-state index contributed by atoms with van der Waals surface area (Å²) in [7, 11) is 2.16. The number of hydrogen-bond acceptors (Lipinski definition) is 4. The summed E-state index contributed by atoms with van der Waals surface area (Å²) in [4.78, 5) is 9.09. The second kappa shape index (κ2) is 5.02. The van der Waals surface area contributed by atoms with Gasteiger partial charge in [-0.1, -0.05) is 6.07 Å². The average molecular weight is 235 g/mol. The van der Waals surface area contributed by atoms with E-state index in [9.17, 15) is 5.11 Å². The maximum atomic E-state index is 9.44. The van der Waals surface area contributed by atoms with Crippen LogP contribution in [-0.2, 0) is 0 Å². The Morgan fingerprint density at radius 3 is 2.71 bits per heavy atom. The molecule has 1 aromatic heterocycles. The predicted molar refractivity (Wildman–Crippen MR) is 69.2 cm³/mol. The number of aliphatic hydroxyl groups is 1. The third-order valence-corrected chi connectivity index (χ3v) is 3.54. The number of aromatic nitrogens is 1. The first-order valence-electron chi connectivity index (χ1n) is 6.17. The molecule has 4 nitrogen and oxygen atoms in total. The van der Waals surface area contributed by atoms with Crippen molar-refractivity contribution in [3.05, 3.63) is 23.9 Å². The van der Waals surface area contributed by atoms with E-state index in [4.69, 9.17) is 0 Å². The number of likely N-dealkylation sites (N-methyl/N-ethyl adjacent to an activating group) is 1. The average Bonchev–Trinajstić information content (AvgIpc) is 2.33. The van der Waals surface area contributed by atoms with Crippen LogP contribution in [0.5, 0.6) is 0 Å². The van der Waals surface area contributed by atoms with E-state index in [1.54, 1.807) is 13.1 Å². The molecule has 1 N–H and O–H groups in total. The van der Waals surface area contributed by atoms with Crippen LogP contribution in [0.15, 0.2) is 18.3 Å². The van der Waals surface area contributed by atoms with E-state index >= 15 is 0 Å². The number of piperazine rings is 1. The van der Waals surface area contributed by atoms with Crippen LogP contribution >= 0.6 is 0 Å². The third-order valence-electron chi connectivity index (χ3n) is 3.54. The second-order valence-electron chi connectivity index (χ2n) is 4.90. The number of anilines is 1. The molecule has 0 bridgehead atoms.